The molecule has 0 aliphatic carbocycles. The van der Waals surface area contributed by atoms with E-state index in [0.29, 0.717) is 5.82 Å². The number of nitrogens with one attached hydrogen (secondary N) is 1. The second-order valence-corrected chi connectivity index (χ2v) is 7.97. The fourth-order valence-electron chi connectivity index (χ4n) is 3.37. The second-order valence-electron chi connectivity index (χ2n) is 6.64. The smallest absolute Gasteiger partial charge is 0.370 e. The van der Waals surface area contributed by atoms with Gasteiger partial charge < -0.3 is 5.32 Å². The van der Waals surface area contributed by atoms with Crippen LogP contribution >= 0.6 is 27.5 Å². The summed E-state index contributed by atoms with van der Waals surface area (Å²) in [6.45, 7) is 0.731. The molecule has 0 amide bonds. The average molecular weight is 471 g/mol. The van der Waals surface area contributed by atoms with Crippen molar-refractivity contribution in [2.45, 2.75) is 25.4 Å². The van der Waals surface area contributed by atoms with Crippen LogP contribution in [-0.2, 0) is 12.6 Å². The number of hydrogen-bond acceptors (Lipinski definition) is 2. The van der Waals surface area contributed by atoms with Gasteiger partial charge in [0.05, 0.1) is 22.0 Å². The van der Waals surface area contributed by atoms with Crippen molar-refractivity contribution in [2.75, 3.05) is 11.9 Å². The van der Waals surface area contributed by atoms with E-state index in [2.05, 4.69) is 26.3 Å². The molecule has 4 rings (SSSR count). The van der Waals surface area contributed by atoms with Gasteiger partial charge in [0.2, 0.25) is 0 Å². The van der Waals surface area contributed by atoms with E-state index >= 15 is 0 Å². The summed E-state index contributed by atoms with van der Waals surface area (Å²) in [6.07, 6.45) is -1.70. The van der Waals surface area contributed by atoms with Gasteiger partial charge in [-0.05, 0) is 49.6 Å². The third kappa shape index (κ3) is 3.65. The van der Waals surface area contributed by atoms with Crippen LogP contribution in [0.2, 0.25) is 5.02 Å². The minimum Gasteiger partial charge on any atom is -0.370 e. The molecule has 2 heterocycles. The lowest BCUT2D eigenvalue weighted by atomic mass is 10.0. The molecule has 1 aromatic heterocycles. The molecule has 28 heavy (non-hydrogen) atoms. The van der Waals surface area contributed by atoms with Crippen molar-refractivity contribution >= 4 is 33.3 Å². The van der Waals surface area contributed by atoms with Crippen molar-refractivity contribution < 1.29 is 13.2 Å². The summed E-state index contributed by atoms with van der Waals surface area (Å²) in [5, 5.41) is 8.22. The number of nitrogens with zero attached hydrogens (tertiary/aromatic N) is 2. The van der Waals surface area contributed by atoms with Crippen molar-refractivity contribution in [1.82, 2.24) is 9.78 Å². The number of anilines is 1. The number of hydrogen-bond donors (Lipinski definition) is 1. The van der Waals surface area contributed by atoms with Gasteiger partial charge in [-0.3, -0.25) is 0 Å². The van der Waals surface area contributed by atoms with Crippen LogP contribution in [0.1, 0.15) is 24.0 Å². The molecule has 3 nitrogen and oxygen atoms in total. The van der Waals surface area contributed by atoms with Crippen molar-refractivity contribution in [3.63, 3.8) is 0 Å². The van der Waals surface area contributed by atoms with E-state index in [0.717, 1.165) is 59.2 Å². The standard InChI is InChI=1S/C20H16BrClF3N3/c21-14-7-4-12(5-8-14)18-15-3-1-2-10-26-19(15)28(27-18)17-11-13(20(23,24)25)6-9-16(17)22/h4-9,11,26H,1-3,10H2. The summed E-state index contributed by atoms with van der Waals surface area (Å²) >= 11 is 9.70. The van der Waals surface area contributed by atoms with Gasteiger partial charge in [-0.25, -0.2) is 4.68 Å². The molecule has 0 atom stereocenters. The van der Waals surface area contributed by atoms with Gasteiger partial charge in [-0.15, -0.1) is 0 Å². The fraction of sp³-hybridized carbons (Fsp3) is 0.250. The predicted molar refractivity (Wildman–Crippen MR) is 108 cm³/mol. The average Bonchev–Trinajstić information content (AvgIpc) is 2.83. The number of fused-ring (bicyclic) bond motifs is 1. The van der Waals surface area contributed by atoms with Crippen LogP contribution in [0.3, 0.4) is 0 Å². The summed E-state index contributed by atoms with van der Waals surface area (Å²) in [7, 11) is 0. The van der Waals surface area contributed by atoms with E-state index in [1.165, 1.54) is 10.7 Å². The summed E-state index contributed by atoms with van der Waals surface area (Å²) < 4.78 is 42.2. The number of rotatable bonds is 2. The Hall–Kier alpha value is -1.99. The third-order valence-electron chi connectivity index (χ3n) is 4.75. The van der Waals surface area contributed by atoms with Gasteiger partial charge in [0, 0.05) is 22.1 Å². The molecule has 0 spiro atoms. The highest BCUT2D eigenvalue weighted by Gasteiger charge is 2.32. The van der Waals surface area contributed by atoms with Gasteiger partial charge in [0.15, 0.2) is 0 Å². The van der Waals surface area contributed by atoms with Crippen LogP contribution in [0.25, 0.3) is 16.9 Å². The normalized spacial score (nSPS) is 14.3. The lowest BCUT2D eigenvalue weighted by molar-refractivity contribution is -0.137. The van der Waals surface area contributed by atoms with Crippen molar-refractivity contribution in [2.24, 2.45) is 0 Å². The monoisotopic (exact) mass is 469 g/mol. The van der Waals surface area contributed by atoms with E-state index < -0.39 is 11.7 Å². The van der Waals surface area contributed by atoms with E-state index in [4.69, 9.17) is 11.6 Å². The molecular formula is C20H16BrClF3N3. The number of aromatic nitrogens is 2. The maximum atomic E-state index is 13.2. The van der Waals surface area contributed by atoms with E-state index in [1.807, 2.05) is 24.3 Å². The Labute approximate surface area is 173 Å². The SMILES string of the molecule is FC(F)(F)c1ccc(Cl)c(-n2nc(-c3ccc(Br)cc3)c3c2NCCCC3)c1. The van der Waals surface area contributed by atoms with Crippen LogP contribution in [0.15, 0.2) is 46.9 Å². The molecule has 146 valence electrons. The molecule has 3 aromatic rings. The second kappa shape index (κ2) is 7.44. The Kier molecular flexibility index (Phi) is 5.14. The van der Waals surface area contributed by atoms with Crippen molar-refractivity contribution in [3.05, 3.63) is 63.1 Å². The fourth-order valence-corrected chi connectivity index (χ4v) is 3.83. The third-order valence-corrected chi connectivity index (χ3v) is 5.60. The molecule has 1 N–H and O–H groups in total. The van der Waals surface area contributed by atoms with Crippen LogP contribution < -0.4 is 5.32 Å². The quantitative estimate of drug-likeness (QED) is 0.450. The topological polar surface area (TPSA) is 29.9 Å². The Morgan fingerprint density at radius 2 is 1.82 bits per heavy atom. The molecule has 0 fully saturated rings. The highest BCUT2D eigenvalue weighted by Crippen LogP contribution is 2.38. The molecular weight excluding hydrogens is 455 g/mol. The molecule has 0 saturated carbocycles. The summed E-state index contributed by atoms with van der Waals surface area (Å²) in [5.74, 6) is 0.705. The van der Waals surface area contributed by atoms with Gasteiger partial charge in [0.25, 0.3) is 0 Å². The number of benzene rings is 2. The zero-order valence-electron chi connectivity index (χ0n) is 14.7. The van der Waals surface area contributed by atoms with Gasteiger partial charge in [-0.1, -0.05) is 39.7 Å². The van der Waals surface area contributed by atoms with Gasteiger partial charge in [0.1, 0.15) is 5.82 Å². The molecule has 8 heteroatoms. The number of alkyl halides is 3. The molecule has 1 aliphatic rings. The maximum Gasteiger partial charge on any atom is 0.416 e. The van der Waals surface area contributed by atoms with Crippen LogP contribution in [-0.4, -0.2) is 16.3 Å². The first-order valence-corrected chi connectivity index (χ1v) is 10.0. The summed E-state index contributed by atoms with van der Waals surface area (Å²) in [6, 6.07) is 11.0. The lowest BCUT2D eigenvalue weighted by Gasteiger charge is -2.13. The Morgan fingerprint density at radius 1 is 1.07 bits per heavy atom. The first-order valence-electron chi connectivity index (χ1n) is 8.83. The molecule has 0 unspecified atom stereocenters. The Morgan fingerprint density at radius 3 is 2.54 bits per heavy atom. The van der Waals surface area contributed by atoms with E-state index in [-0.39, 0.29) is 10.7 Å². The predicted octanol–water partition coefficient (Wildman–Crippen LogP) is 6.72. The van der Waals surface area contributed by atoms with Crippen molar-refractivity contribution in [1.29, 1.82) is 0 Å². The van der Waals surface area contributed by atoms with Crippen LogP contribution in [0.4, 0.5) is 19.0 Å². The Bertz CT molecular complexity index is 1010. The molecule has 2 aromatic carbocycles. The first-order chi connectivity index (χ1) is 13.3. The molecule has 0 radical (unpaired) electrons. The Balaban J connectivity index is 1.92. The largest absolute Gasteiger partial charge is 0.416 e. The van der Waals surface area contributed by atoms with E-state index in [9.17, 15) is 13.2 Å². The minimum absolute atomic E-state index is 0.213. The first kappa shape index (κ1) is 19.3. The van der Waals surface area contributed by atoms with Crippen LogP contribution in [0.5, 0.6) is 0 Å². The van der Waals surface area contributed by atoms with Gasteiger partial charge >= 0.3 is 6.18 Å². The summed E-state index contributed by atoms with van der Waals surface area (Å²) in [4.78, 5) is 0. The zero-order chi connectivity index (χ0) is 19.9. The lowest BCUT2D eigenvalue weighted by Crippen LogP contribution is -2.10. The van der Waals surface area contributed by atoms with Crippen LogP contribution in [0, 0.1) is 0 Å². The van der Waals surface area contributed by atoms with Gasteiger partial charge in [-0.2, -0.15) is 18.3 Å². The van der Waals surface area contributed by atoms with E-state index in [1.54, 1.807) is 0 Å². The zero-order valence-corrected chi connectivity index (χ0v) is 17.0. The maximum absolute atomic E-state index is 13.2. The molecule has 0 saturated heterocycles. The van der Waals surface area contributed by atoms with Crippen molar-refractivity contribution in [3.8, 4) is 16.9 Å². The minimum atomic E-state index is -4.45. The molecule has 1 aliphatic heterocycles. The molecule has 0 bridgehead atoms. The summed E-state index contributed by atoms with van der Waals surface area (Å²) in [5.41, 5.74) is 2.11. The highest BCUT2D eigenvalue weighted by molar-refractivity contribution is 9.10. The highest BCUT2D eigenvalue weighted by atomic mass is 79.9. The number of halogens is 5.